The first-order valence-corrected chi connectivity index (χ1v) is 8.26. The van der Waals surface area contributed by atoms with Crippen molar-refractivity contribution < 1.29 is 14.3 Å². The maximum atomic E-state index is 12.2. The van der Waals surface area contributed by atoms with E-state index in [1.54, 1.807) is 0 Å². The summed E-state index contributed by atoms with van der Waals surface area (Å²) in [4.78, 5) is 25.0. The SMILES string of the molecule is Cc1cn2c(CC(=O)NC(C)C)csc2c1C(=O)OC(C)C. The summed E-state index contributed by atoms with van der Waals surface area (Å²) < 4.78 is 7.22. The van der Waals surface area contributed by atoms with Gasteiger partial charge in [0.1, 0.15) is 4.83 Å². The number of rotatable bonds is 5. The average Bonchev–Trinajstić information content (AvgIpc) is 2.86. The summed E-state index contributed by atoms with van der Waals surface area (Å²) in [6.07, 6.45) is 2.03. The second kappa shape index (κ2) is 6.52. The number of ether oxygens (including phenoxy) is 1. The molecule has 1 amide bonds. The fourth-order valence-corrected chi connectivity index (χ4v) is 3.39. The zero-order valence-electron chi connectivity index (χ0n) is 13.6. The predicted molar refractivity (Wildman–Crippen MR) is 87.5 cm³/mol. The summed E-state index contributed by atoms with van der Waals surface area (Å²) in [7, 11) is 0. The summed E-state index contributed by atoms with van der Waals surface area (Å²) in [5.74, 6) is -0.331. The van der Waals surface area contributed by atoms with E-state index in [4.69, 9.17) is 4.74 Å². The monoisotopic (exact) mass is 322 g/mol. The molecule has 2 aromatic heterocycles. The molecule has 0 bridgehead atoms. The van der Waals surface area contributed by atoms with Crippen molar-refractivity contribution in [3.8, 4) is 0 Å². The minimum absolute atomic E-state index is 0.0210. The van der Waals surface area contributed by atoms with E-state index < -0.39 is 0 Å². The lowest BCUT2D eigenvalue weighted by Gasteiger charge is -2.07. The second-order valence-corrected chi connectivity index (χ2v) is 6.80. The topological polar surface area (TPSA) is 59.8 Å². The van der Waals surface area contributed by atoms with Gasteiger partial charge >= 0.3 is 5.97 Å². The zero-order valence-corrected chi connectivity index (χ0v) is 14.4. The zero-order chi connectivity index (χ0) is 16.4. The largest absolute Gasteiger partial charge is 0.459 e. The molecular formula is C16H22N2O3S. The molecule has 6 heteroatoms. The van der Waals surface area contributed by atoms with Gasteiger partial charge in [-0.05, 0) is 40.2 Å². The lowest BCUT2D eigenvalue weighted by Crippen LogP contribution is -2.31. The number of nitrogens with zero attached hydrogens (tertiary/aromatic N) is 1. The molecule has 0 aliphatic heterocycles. The third kappa shape index (κ3) is 3.50. The molecule has 5 nitrogen and oxygen atoms in total. The molecule has 0 saturated carbocycles. The molecule has 0 atom stereocenters. The summed E-state index contributed by atoms with van der Waals surface area (Å²) in [5, 5.41) is 4.79. The van der Waals surface area contributed by atoms with Crippen molar-refractivity contribution in [2.45, 2.75) is 53.2 Å². The van der Waals surface area contributed by atoms with Crippen LogP contribution in [-0.2, 0) is 16.0 Å². The fourth-order valence-electron chi connectivity index (χ4n) is 2.30. The highest BCUT2D eigenvalue weighted by molar-refractivity contribution is 7.16. The van der Waals surface area contributed by atoms with Gasteiger partial charge in [0, 0.05) is 23.3 Å². The van der Waals surface area contributed by atoms with E-state index in [1.807, 2.05) is 50.6 Å². The van der Waals surface area contributed by atoms with Gasteiger partial charge < -0.3 is 14.5 Å². The molecule has 22 heavy (non-hydrogen) atoms. The molecule has 2 aromatic rings. The Morgan fingerprint density at radius 3 is 2.59 bits per heavy atom. The minimum Gasteiger partial charge on any atom is -0.459 e. The van der Waals surface area contributed by atoms with E-state index in [0.717, 1.165) is 16.1 Å². The molecule has 2 rings (SSSR count). The highest BCUT2D eigenvalue weighted by Gasteiger charge is 2.21. The molecule has 0 fully saturated rings. The Labute approximate surface area is 134 Å². The van der Waals surface area contributed by atoms with E-state index in [0.29, 0.717) is 12.0 Å². The maximum absolute atomic E-state index is 12.2. The van der Waals surface area contributed by atoms with E-state index in [-0.39, 0.29) is 24.0 Å². The number of esters is 1. The Morgan fingerprint density at radius 2 is 2.00 bits per heavy atom. The number of carbonyl (C=O) groups excluding carboxylic acids is 2. The highest BCUT2D eigenvalue weighted by Crippen LogP contribution is 2.27. The number of carbonyl (C=O) groups is 2. The molecule has 0 aliphatic carbocycles. The van der Waals surface area contributed by atoms with Crippen molar-refractivity contribution in [3.63, 3.8) is 0 Å². The molecule has 1 N–H and O–H groups in total. The van der Waals surface area contributed by atoms with Crippen LogP contribution in [0.4, 0.5) is 0 Å². The van der Waals surface area contributed by atoms with Crippen LogP contribution in [0.1, 0.15) is 49.3 Å². The normalized spacial score (nSPS) is 11.4. The number of thiazole rings is 1. The van der Waals surface area contributed by atoms with E-state index in [2.05, 4.69) is 5.32 Å². The molecule has 0 saturated heterocycles. The van der Waals surface area contributed by atoms with Gasteiger partial charge in [-0.25, -0.2) is 4.79 Å². The Kier molecular flexibility index (Phi) is 4.90. The van der Waals surface area contributed by atoms with E-state index in [9.17, 15) is 9.59 Å². The lowest BCUT2D eigenvalue weighted by molar-refractivity contribution is -0.120. The van der Waals surface area contributed by atoms with Crippen LogP contribution in [0.3, 0.4) is 0 Å². The second-order valence-electron chi connectivity index (χ2n) is 5.94. The van der Waals surface area contributed by atoms with E-state index >= 15 is 0 Å². The fraction of sp³-hybridized carbons (Fsp3) is 0.500. The third-order valence-corrected chi connectivity index (χ3v) is 4.12. The Hall–Kier alpha value is -1.82. The Bertz CT molecular complexity index is 698. The molecule has 0 radical (unpaired) electrons. The van der Waals surface area contributed by atoms with Gasteiger partial charge in [0.15, 0.2) is 0 Å². The van der Waals surface area contributed by atoms with Gasteiger partial charge in [0.25, 0.3) is 0 Å². The van der Waals surface area contributed by atoms with Crippen molar-refractivity contribution in [1.82, 2.24) is 9.72 Å². The molecule has 0 aromatic carbocycles. The number of hydrogen-bond donors (Lipinski definition) is 1. The van der Waals surface area contributed by atoms with Crippen molar-refractivity contribution >= 4 is 28.0 Å². The molecule has 0 aliphatic rings. The van der Waals surface area contributed by atoms with Crippen LogP contribution in [0.15, 0.2) is 11.6 Å². The predicted octanol–water partition coefficient (Wildman–Crippen LogP) is 2.94. The number of fused-ring (bicyclic) bond motifs is 1. The van der Waals surface area contributed by atoms with Crippen LogP contribution < -0.4 is 5.32 Å². The number of amides is 1. The van der Waals surface area contributed by atoms with Crippen molar-refractivity contribution in [1.29, 1.82) is 0 Å². The van der Waals surface area contributed by atoms with Gasteiger partial charge in [-0.15, -0.1) is 11.3 Å². The quantitative estimate of drug-likeness (QED) is 0.861. The van der Waals surface area contributed by atoms with Crippen LogP contribution in [0.5, 0.6) is 0 Å². The van der Waals surface area contributed by atoms with Crippen LogP contribution >= 0.6 is 11.3 Å². The molecular weight excluding hydrogens is 300 g/mol. The Morgan fingerprint density at radius 1 is 1.32 bits per heavy atom. The number of aromatic nitrogens is 1. The smallest absolute Gasteiger partial charge is 0.341 e. The standard InChI is InChI=1S/C16H22N2O3S/c1-9(2)17-13(19)6-12-8-22-15-14(11(5)7-18(12)15)16(20)21-10(3)4/h7-10H,6H2,1-5H3,(H,17,19). The minimum atomic E-state index is -0.310. The Balaban J connectivity index is 2.30. The van der Waals surface area contributed by atoms with Gasteiger partial charge in [-0.2, -0.15) is 0 Å². The van der Waals surface area contributed by atoms with Gasteiger partial charge in [0.05, 0.1) is 18.1 Å². The maximum Gasteiger partial charge on any atom is 0.341 e. The van der Waals surface area contributed by atoms with Gasteiger partial charge in [0.2, 0.25) is 5.91 Å². The molecule has 120 valence electrons. The summed E-state index contributed by atoms with van der Waals surface area (Å²) in [5.41, 5.74) is 2.34. The highest BCUT2D eigenvalue weighted by atomic mass is 32.1. The first kappa shape index (κ1) is 16.5. The van der Waals surface area contributed by atoms with Gasteiger partial charge in [-0.1, -0.05) is 0 Å². The summed E-state index contributed by atoms with van der Waals surface area (Å²) in [6, 6.07) is 0.115. The average molecular weight is 322 g/mol. The van der Waals surface area contributed by atoms with Crippen LogP contribution in [0.25, 0.3) is 4.83 Å². The van der Waals surface area contributed by atoms with Crippen LogP contribution in [0, 0.1) is 6.92 Å². The lowest BCUT2D eigenvalue weighted by atomic mass is 10.2. The van der Waals surface area contributed by atoms with Crippen molar-refractivity contribution in [2.24, 2.45) is 0 Å². The number of aryl methyl sites for hydroxylation is 1. The van der Waals surface area contributed by atoms with Crippen LogP contribution in [-0.4, -0.2) is 28.4 Å². The van der Waals surface area contributed by atoms with Crippen LogP contribution in [0.2, 0.25) is 0 Å². The first-order valence-electron chi connectivity index (χ1n) is 7.38. The summed E-state index contributed by atoms with van der Waals surface area (Å²) in [6.45, 7) is 9.41. The number of nitrogens with one attached hydrogen (secondary N) is 1. The van der Waals surface area contributed by atoms with E-state index in [1.165, 1.54) is 11.3 Å². The molecule has 2 heterocycles. The molecule has 0 unspecified atom stereocenters. The first-order chi connectivity index (χ1) is 10.3. The molecule has 0 spiro atoms. The summed E-state index contributed by atoms with van der Waals surface area (Å²) >= 11 is 1.46. The third-order valence-electron chi connectivity index (χ3n) is 3.10. The van der Waals surface area contributed by atoms with Crippen molar-refractivity contribution in [2.75, 3.05) is 0 Å². The van der Waals surface area contributed by atoms with Gasteiger partial charge in [-0.3, -0.25) is 4.79 Å². The van der Waals surface area contributed by atoms with Crippen molar-refractivity contribution in [3.05, 3.63) is 28.4 Å². The number of hydrogen-bond acceptors (Lipinski definition) is 4.